The summed E-state index contributed by atoms with van der Waals surface area (Å²) in [5.74, 6) is -8.71. The van der Waals surface area contributed by atoms with Gasteiger partial charge in [0.05, 0.1) is 6.61 Å². The monoisotopic (exact) mass is 612 g/mol. The molecule has 2 fully saturated rings. The highest BCUT2D eigenvalue weighted by molar-refractivity contribution is 5.83. The number of carboxylic acid groups (broad SMARTS) is 2. The molecule has 0 aromatic heterocycles. The van der Waals surface area contributed by atoms with Crippen LogP contribution in [0, 0.1) is 11.8 Å². The van der Waals surface area contributed by atoms with E-state index in [0.29, 0.717) is 19.8 Å². The minimum atomic E-state index is -5.08. The summed E-state index contributed by atoms with van der Waals surface area (Å²) in [5.41, 5.74) is 0. The molecule has 0 spiro atoms. The second-order valence-electron chi connectivity index (χ2n) is 8.14. The summed E-state index contributed by atoms with van der Waals surface area (Å²) in [6, 6.07) is 0. The number of carbonyl (C=O) groups is 4. The van der Waals surface area contributed by atoms with Crippen LogP contribution in [0.1, 0.15) is 34.6 Å². The van der Waals surface area contributed by atoms with E-state index in [0.717, 1.165) is 6.92 Å². The van der Waals surface area contributed by atoms with Crippen molar-refractivity contribution in [2.45, 2.75) is 71.2 Å². The van der Waals surface area contributed by atoms with Gasteiger partial charge in [0.25, 0.3) is 5.97 Å². The van der Waals surface area contributed by atoms with E-state index < -0.39 is 72.3 Å². The molecule has 2 bridgehead atoms. The van der Waals surface area contributed by atoms with Crippen molar-refractivity contribution in [1.29, 1.82) is 0 Å². The zero-order chi connectivity index (χ0) is 31.3. The van der Waals surface area contributed by atoms with Gasteiger partial charge in [0.1, 0.15) is 36.8 Å². The second kappa shape index (κ2) is 18.7. The first-order chi connectivity index (χ1) is 18.5. The van der Waals surface area contributed by atoms with Gasteiger partial charge in [-0.3, -0.25) is 14.4 Å². The number of hydrogen-bond acceptors (Lipinski definition) is 12. The van der Waals surface area contributed by atoms with Crippen molar-refractivity contribution in [3.05, 3.63) is 0 Å². The molecule has 18 heteroatoms. The topological polar surface area (TPSA) is 225 Å². The Kier molecular flexibility index (Phi) is 18.5. The normalized spacial score (nSPS) is 24.5. The summed E-state index contributed by atoms with van der Waals surface area (Å²) in [7, 11) is 1.43. The number of esters is 2. The Bertz CT molecular complexity index is 804. The Morgan fingerprint density at radius 3 is 1.68 bits per heavy atom. The van der Waals surface area contributed by atoms with Gasteiger partial charge in [-0.1, -0.05) is 0 Å². The molecule has 0 aromatic rings. The quantitative estimate of drug-likeness (QED) is 0.151. The van der Waals surface area contributed by atoms with Crippen LogP contribution in [0.25, 0.3) is 0 Å². The summed E-state index contributed by atoms with van der Waals surface area (Å²) >= 11 is 0. The highest BCUT2D eigenvalue weighted by Crippen LogP contribution is 2.45. The van der Waals surface area contributed by atoms with Crippen LogP contribution < -0.4 is 0 Å². The minimum Gasteiger partial charge on any atom is -0.481 e. The van der Waals surface area contributed by atoms with E-state index >= 15 is 0 Å². The van der Waals surface area contributed by atoms with E-state index in [1.807, 2.05) is 20.8 Å². The van der Waals surface area contributed by atoms with E-state index in [9.17, 15) is 37.8 Å². The number of aliphatic hydroxyl groups excluding tert-OH is 1. The molecule has 41 heavy (non-hydrogen) atoms. The van der Waals surface area contributed by atoms with Gasteiger partial charge in [-0.05, 0) is 20.8 Å². The van der Waals surface area contributed by atoms with Crippen molar-refractivity contribution >= 4 is 23.9 Å². The van der Waals surface area contributed by atoms with Crippen molar-refractivity contribution in [2.24, 2.45) is 11.8 Å². The molecule has 0 aromatic carbocycles. The van der Waals surface area contributed by atoms with E-state index in [1.165, 1.54) is 7.11 Å². The number of halogens is 3. The summed E-state index contributed by atoms with van der Waals surface area (Å²) in [4.78, 5) is 43.5. The second-order valence-corrected chi connectivity index (χ2v) is 8.14. The molecule has 0 saturated carbocycles. The number of rotatable bonds is 12. The highest BCUT2D eigenvalue weighted by atomic mass is 19.4. The Morgan fingerprint density at radius 1 is 0.878 bits per heavy atom. The number of alkyl halides is 3. The fourth-order valence-electron chi connectivity index (χ4n) is 3.85. The van der Waals surface area contributed by atoms with E-state index in [1.54, 1.807) is 6.92 Å². The minimum absolute atomic E-state index is 0. The molecule has 2 aliphatic heterocycles. The molecule has 0 aliphatic carbocycles. The van der Waals surface area contributed by atoms with Gasteiger partial charge < -0.3 is 54.0 Å². The lowest BCUT2D eigenvalue weighted by Crippen LogP contribution is -2.53. The first-order valence-electron chi connectivity index (χ1n) is 12.1. The summed E-state index contributed by atoms with van der Waals surface area (Å²) in [6.07, 6.45) is -9.62. The molecule has 2 heterocycles. The number of carboxylic acids is 2. The molecular weight excluding hydrogens is 573 g/mol. The molecule has 2 saturated heterocycles. The smallest absolute Gasteiger partial charge is 0.481 e. The number of aliphatic hydroxyl groups is 1. The SMILES string of the molecule is CCOC(C)(OCC)OCC.COCCOC(=O)C1C2O[C@@H](C1C(=O)O)[C@@H](O)C2OC(C)=O.O.O=C(O)C(F)(F)F. The Balaban J connectivity index is 0. The maximum atomic E-state index is 12.1. The number of hydrogen-bond donors (Lipinski definition) is 3. The lowest BCUT2D eigenvalue weighted by atomic mass is 9.76. The molecule has 15 nitrogen and oxygen atoms in total. The van der Waals surface area contributed by atoms with Crippen LogP contribution in [0.2, 0.25) is 0 Å². The van der Waals surface area contributed by atoms with Crippen LogP contribution in [0.3, 0.4) is 0 Å². The molecule has 242 valence electrons. The Labute approximate surface area is 234 Å². The van der Waals surface area contributed by atoms with Crippen molar-refractivity contribution in [2.75, 3.05) is 40.1 Å². The van der Waals surface area contributed by atoms with Gasteiger partial charge in [-0.25, -0.2) is 4.79 Å². The third kappa shape index (κ3) is 12.8. The van der Waals surface area contributed by atoms with Gasteiger partial charge in [-0.15, -0.1) is 0 Å². The van der Waals surface area contributed by atoms with Crippen molar-refractivity contribution in [1.82, 2.24) is 0 Å². The Hall–Kier alpha value is -2.61. The summed E-state index contributed by atoms with van der Waals surface area (Å²) in [5, 5.41) is 26.4. The number of aliphatic carboxylic acids is 2. The number of carbonyl (C=O) groups excluding carboxylic acids is 2. The fraction of sp³-hybridized carbons (Fsp3) is 0.826. The largest absolute Gasteiger partial charge is 0.490 e. The lowest BCUT2D eigenvalue weighted by Gasteiger charge is -2.31. The Morgan fingerprint density at radius 2 is 1.34 bits per heavy atom. The van der Waals surface area contributed by atoms with Crippen LogP contribution in [-0.4, -0.2) is 121 Å². The molecule has 2 rings (SSSR count). The molecular formula is C23H39F3O15. The van der Waals surface area contributed by atoms with Crippen LogP contribution >= 0.6 is 0 Å². The lowest BCUT2D eigenvalue weighted by molar-refractivity contribution is -0.365. The summed E-state index contributed by atoms with van der Waals surface area (Å²) < 4.78 is 67.6. The third-order valence-electron chi connectivity index (χ3n) is 5.26. The maximum absolute atomic E-state index is 12.1. The zero-order valence-corrected chi connectivity index (χ0v) is 23.5. The molecule has 0 amide bonds. The standard InChI is InChI=1S/C13H18O9.C8H18O3.C2HF3O2.H2O/c1-5(14)21-11-8(15)9-6(12(16)17)7(10(11)22-9)13(18)20-4-3-19-2;1-5-9-8(4,10-6-2)11-7-3;3-2(4,5)1(6)7;/h6-11,15H,3-4H2,1-2H3,(H,16,17);5-7H2,1-4H3;(H,6,7);1H2/t6?,7?,8-,9+,10?,11?;;;/m1.../s1. The average Bonchev–Trinajstić information content (AvgIpc) is 3.36. The van der Waals surface area contributed by atoms with Gasteiger partial charge in [0.2, 0.25) is 0 Å². The predicted molar refractivity (Wildman–Crippen MR) is 128 cm³/mol. The van der Waals surface area contributed by atoms with E-state index in [2.05, 4.69) is 0 Å². The molecule has 2 aliphatic rings. The van der Waals surface area contributed by atoms with Crippen molar-refractivity contribution in [3.63, 3.8) is 0 Å². The molecule has 0 radical (unpaired) electrons. The van der Waals surface area contributed by atoms with Gasteiger partial charge in [0.15, 0.2) is 6.10 Å². The van der Waals surface area contributed by atoms with E-state index in [4.69, 9.17) is 43.1 Å². The van der Waals surface area contributed by atoms with Crippen LogP contribution in [0.15, 0.2) is 0 Å². The number of ether oxygens (including phenoxy) is 7. The molecule has 5 N–H and O–H groups in total. The molecule has 6 atom stereocenters. The number of fused-ring (bicyclic) bond motifs is 2. The van der Waals surface area contributed by atoms with Gasteiger partial charge >= 0.3 is 30.1 Å². The first kappa shape index (κ1) is 40.5. The number of methoxy groups -OCH3 is 1. The predicted octanol–water partition coefficient (Wildman–Crippen LogP) is 0.145. The van der Waals surface area contributed by atoms with Crippen molar-refractivity contribution < 1.29 is 86.3 Å². The first-order valence-corrected chi connectivity index (χ1v) is 12.1. The fourth-order valence-corrected chi connectivity index (χ4v) is 3.85. The van der Waals surface area contributed by atoms with Crippen LogP contribution in [-0.2, 0) is 52.3 Å². The van der Waals surface area contributed by atoms with Crippen molar-refractivity contribution in [3.8, 4) is 0 Å². The van der Waals surface area contributed by atoms with Gasteiger partial charge in [0, 0.05) is 40.8 Å². The molecule has 4 unspecified atom stereocenters. The van der Waals surface area contributed by atoms with E-state index in [-0.39, 0.29) is 18.7 Å². The summed E-state index contributed by atoms with van der Waals surface area (Å²) in [6.45, 7) is 10.6. The third-order valence-corrected chi connectivity index (χ3v) is 5.26. The van der Waals surface area contributed by atoms with Gasteiger partial charge in [-0.2, -0.15) is 13.2 Å². The van der Waals surface area contributed by atoms with Crippen LogP contribution in [0.5, 0.6) is 0 Å². The average molecular weight is 613 g/mol. The van der Waals surface area contributed by atoms with Crippen LogP contribution in [0.4, 0.5) is 13.2 Å². The highest BCUT2D eigenvalue weighted by Gasteiger charge is 2.66. The zero-order valence-electron chi connectivity index (χ0n) is 23.5. The maximum Gasteiger partial charge on any atom is 0.490 e.